The van der Waals surface area contributed by atoms with Gasteiger partial charge in [0.25, 0.3) is 5.91 Å². The first-order chi connectivity index (χ1) is 12.2. The lowest BCUT2D eigenvalue weighted by atomic mass is 9.76. The third kappa shape index (κ3) is 3.54. The van der Waals surface area contributed by atoms with E-state index in [0.717, 1.165) is 5.56 Å². The highest BCUT2D eigenvalue weighted by molar-refractivity contribution is 6.07. The Labute approximate surface area is 151 Å². The van der Waals surface area contributed by atoms with Gasteiger partial charge in [0.2, 0.25) is 5.91 Å². The molecule has 1 aliphatic rings. The number of carbonyl (C=O) groups excluding carboxylic acids is 3. The molecule has 136 valence electrons. The van der Waals surface area contributed by atoms with Gasteiger partial charge in [0, 0.05) is 24.1 Å². The molecule has 0 spiro atoms. The summed E-state index contributed by atoms with van der Waals surface area (Å²) >= 11 is 0. The number of carbonyl (C=O) groups is 3. The number of hydrogen-bond donors (Lipinski definition) is 2. The summed E-state index contributed by atoms with van der Waals surface area (Å²) < 4.78 is 5.76. The minimum Gasteiger partial charge on any atom is -0.455 e. The van der Waals surface area contributed by atoms with E-state index in [-0.39, 0.29) is 23.4 Å². The van der Waals surface area contributed by atoms with Crippen molar-refractivity contribution in [2.75, 3.05) is 5.32 Å². The topological polar surface area (TPSA) is 102 Å². The second-order valence-electron chi connectivity index (χ2n) is 7.59. The highest BCUT2D eigenvalue weighted by atomic mass is 16.4. The summed E-state index contributed by atoms with van der Waals surface area (Å²) in [6, 6.07) is 6.85. The molecule has 2 aromatic rings. The monoisotopic (exact) mass is 354 g/mol. The van der Waals surface area contributed by atoms with Crippen LogP contribution in [-0.4, -0.2) is 17.6 Å². The highest BCUT2D eigenvalue weighted by Gasteiger charge is 2.37. The zero-order valence-corrected chi connectivity index (χ0v) is 15.1. The molecule has 0 atom stereocenters. The van der Waals surface area contributed by atoms with Crippen LogP contribution in [0.4, 0.5) is 5.69 Å². The lowest BCUT2D eigenvalue weighted by Crippen LogP contribution is -2.26. The molecule has 6 heteroatoms. The molecule has 6 nitrogen and oxygen atoms in total. The number of benzene rings is 1. The maximum atomic E-state index is 12.6. The molecule has 3 N–H and O–H groups in total. The Balaban J connectivity index is 1.81. The quantitative estimate of drug-likeness (QED) is 0.881. The number of furan rings is 1. The minimum atomic E-state index is -0.411. The van der Waals surface area contributed by atoms with E-state index in [0.29, 0.717) is 35.4 Å². The van der Waals surface area contributed by atoms with E-state index in [9.17, 15) is 14.4 Å². The first-order valence-electron chi connectivity index (χ1n) is 8.50. The highest BCUT2D eigenvalue weighted by Crippen LogP contribution is 2.38. The molecule has 3 rings (SSSR count). The van der Waals surface area contributed by atoms with E-state index in [2.05, 4.69) is 5.32 Å². The Kier molecular flexibility index (Phi) is 4.44. The summed E-state index contributed by atoms with van der Waals surface area (Å²) in [5.74, 6) is -0.0309. The number of amides is 2. The number of primary amides is 1. The fourth-order valence-electron chi connectivity index (χ4n) is 3.39. The van der Waals surface area contributed by atoms with Gasteiger partial charge < -0.3 is 15.5 Å². The van der Waals surface area contributed by atoms with E-state index < -0.39 is 11.8 Å². The second kappa shape index (κ2) is 6.44. The number of rotatable bonds is 4. The zero-order chi connectivity index (χ0) is 19.1. The Bertz CT molecular complexity index is 891. The van der Waals surface area contributed by atoms with Crippen molar-refractivity contribution in [3.63, 3.8) is 0 Å². The van der Waals surface area contributed by atoms with Crippen LogP contribution in [0.2, 0.25) is 0 Å². The van der Waals surface area contributed by atoms with Crippen LogP contribution in [0.1, 0.15) is 58.1 Å². The predicted octanol–water partition coefficient (Wildman–Crippen LogP) is 3.02. The van der Waals surface area contributed by atoms with Crippen LogP contribution >= 0.6 is 0 Å². The van der Waals surface area contributed by atoms with Gasteiger partial charge in [-0.15, -0.1) is 0 Å². The summed E-state index contributed by atoms with van der Waals surface area (Å²) in [5.41, 5.74) is 7.48. The minimum absolute atomic E-state index is 0.0207. The average Bonchev–Trinajstić information content (AvgIpc) is 2.84. The first-order valence-corrected chi connectivity index (χ1v) is 8.50. The normalized spacial score (nSPS) is 15.4. The van der Waals surface area contributed by atoms with E-state index in [4.69, 9.17) is 10.2 Å². The number of Topliss-reactive ketones (excluding diaryl/α,β-unsaturated/α-hetero) is 1. The van der Waals surface area contributed by atoms with Gasteiger partial charge in [-0.2, -0.15) is 0 Å². The fraction of sp³-hybridized carbons (Fsp3) is 0.350. The van der Waals surface area contributed by atoms with Gasteiger partial charge in [0.1, 0.15) is 5.76 Å². The summed E-state index contributed by atoms with van der Waals surface area (Å²) in [6.07, 6.45) is 1.23. The summed E-state index contributed by atoms with van der Waals surface area (Å²) in [4.78, 5) is 35.9. The van der Waals surface area contributed by atoms with Crippen molar-refractivity contribution in [1.82, 2.24) is 0 Å². The van der Waals surface area contributed by atoms with E-state index in [1.165, 1.54) is 0 Å². The third-order valence-corrected chi connectivity index (χ3v) is 4.57. The standard InChI is InChI=1S/C20H22N2O4/c1-11-17-14(23)9-20(2,3)10-15(17)26-18(11)19(25)22-13-6-4-12(5-7-13)8-16(21)24/h4-7H,8-10H2,1-3H3,(H2,21,24)(H,22,25). The van der Waals surface area contributed by atoms with Crippen molar-refractivity contribution in [3.8, 4) is 0 Å². The van der Waals surface area contributed by atoms with Gasteiger partial charge in [-0.25, -0.2) is 0 Å². The molecule has 1 aromatic carbocycles. The van der Waals surface area contributed by atoms with Crippen molar-refractivity contribution >= 4 is 23.3 Å². The van der Waals surface area contributed by atoms with E-state index in [1.807, 2.05) is 13.8 Å². The zero-order valence-electron chi connectivity index (χ0n) is 15.1. The Morgan fingerprint density at radius 3 is 2.46 bits per heavy atom. The van der Waals surface area contributed by atoms with Gasteiger partial charge in [-0.1, -0.05) is 26.0 Å². The molecule has 2 amide bonds. The molecule has 0 saturated heterocycles. The van der Waals surface area contributed by atoms with Crippen molar-refractivity contribution in [3.05, 3.63) is 52.5 Å². The predicted molar refractivity (Wildman–Crippen MR) is 97.2 cm³/mol. The van der Waals surface area contributed by atoms with Crippen LogP contribution in [0.25, 0.3) is 0 Å². The largest absolute Gasteiger partial charge is 0.455 e. The third-order valence-electron chi connectivity index (χ3n) is 4.57. The molecule has 0 fully saturated rings. The smallest absolute Gasteiger partial charge is 0.291 e. The SMILES string of the molecule is Cc1c(C(=O)Nc2ccc(CC(N)=O)cc2)oc2c1C(=O)CC(C)(C)C2. The number of anilines is 1. The number of nitrogens with one attached hydrogen (secondary N) is 1. The number of nitrogens with two attached hydrogens (primary N) is 1. The van der Waals surface area contributed by atoms with Crippen molar-refractivity contribution in [2.45, 2.75) is 40.0 Å². The molecular weight excluding hydrogens is 332 g/mol. The van der Waals surface area contributed by atoms with Crippen LogP contribution in [0.15, 0.2) is 28.7 Å². The molecule has 1 heterocycles. The van der Waals surface area contributed by atoms with Gasteiger partial charge in [-0.05, 0) is 30.0 Å². The molecule has 0 unspecified atom stereocenters. The molecule has 0 saturated carbocycles. The Morgan fingerprint density at radius 2 is 1.85 bits per heavy atom. The van der Waals surface area contributed by atoms with Crippen LogP contribution in [0.3, 0.4) is 0 Å². The summed E-state index contributed by atoms with van der Waals surface area (Å²) in [7, 11) is 0. The van der Waals surface area contributed by atoms with Gasteiger partial charge in [0.05, 0.1) is 12.0 Å². The fourth-order valence-corrected chi connectivity index (χ4v) is 3.39. The second-order valence-corrected chi connectivity index (χ2v) is 7.59. The number of hydrogen-bond acceptors (Lipinski definition) is 4. The van der Waals surface area contributed by atoms with E-state index in [1.54, 1.807) is 31.2 Å². The van der Waals surface area contributed by atoms with Crippen LogP contribution in [-0.2, 0) is 17.6 Å². The Hall–Kier alpha value is -2.89. The Morgan fingerprint density at radius 1 is 1.19 bits per heavy atom. The van der Waals surface area contributed by atoms with Gasteiger partial charge in [-0.3, -0.25) is 14.4 Å². The lowest BCUT2D eigenvalue weighted by molar-refractivity contribution is -0.117. The maximum absolute atomic E-state index is 12.6. The van der Waals surface area contributed by atoms with E-state index >= 15 is 0 Å². The molecule has 0 aliphatic heterocycles. The summed E-state index contributed by atoms with van der Waals surface area (Å²) in [5, 5.41) is 2.76. The van der Waals surface area contributed by atoms with Gasteiger partial charge >= 0.3 is 0 Å². The van der Waals surface area contributed by atoms with Crippen molar-refractivity contribution < 1.29 is 18.8 Å². The molecule has 0 bridgehead atoms. The van der Waals surface area contributed by atoms with Crippen LogP contribution < -0.4 is 11.1 Å². The number of ketones is 1. The molecular formula is C20H22N2O4. The molecule has 1 aromatic heterocycles. The average molecular weight is 354 g/mol. The van der Waals surface area contributed by atoms with Gasteiger partial charge in [0.15, 0.2) is 11.5 Å². The maximum Gasteiger partial charge on any atom is 0.291 e. The van der Waals surface area contributed by atoms with Crippen molar-refractivity contribution in [2.24, 2.45) is 11.1 Å². The molecule has 1 aliphatic carbocycles. The molecule has 0 radical (unpaired) electrons. The molecule has 26 heavy (non-hydrogen) atoms. The van der Waals surface area contributed by atoms with Crippen LogP contribution in [0.5, 0.6) is 0 Å². The first kappa shape index (κ1) is 17.9. The lowest BCUT2D eigenvalue weighted by Gasteiger charge is -2.27. The van der Waals surface area contributed by atoms with Crippen LogP contribution in [0, 0.1) is 12.3 Å². The summed E-state index contributed by atoms with van der Waals surface area (Å²) in [6.45, 7) is 5.77. The number of fused-ring (bicyclic) bond motifs is 1. The van der Waals surface area contributed by atoms with Crippen molar-refractivity contribution in [1.29, 1.82) is 0 Å².